The van der Waals surface area contributed by atoms with Crippen molar-refractivity contribution < 1.29 is 18.7 Å². The van der Waals surface area contributed by atoms with E-state index in [9.17, 15) is 18.7 Å². The summed E-state index contributed by atoms with van der Waals surface area (Å²) in [5, 5.41) is 9.19. The molecule has 0 fully saturated rings. The van der Waals surface area contributed by atoms with Crippen LogP contribution in [-0.4, -0.2) is 30.9 Å². The number of nitrogens with zero attached hydrogens (tertiary/aromatic N) is 2. The summed E-state index contributed by atoms with van der Waals surface area (Å²) in [5.74, 6) is -0.885. The molecule has 0 aliphatic rings. The monoisotopic (exact) mass is 272 g/mol. The highest BCUT2D eigenvalue weighted by molar-refractivity contribution is 7.80. The van der Waals surface area contributed by atoms with E-state index in [2.05, 4.69) is 4.98 Å². The Morgan fingerprint density at radius 3 is 2.56 bits per heavy atom. The van der Waals surface area contributed by atoms with Crippen LogP contribution in [0.4, 0.5) is 5.82 Å². The van der Waals surface area contributed by atoms with E-state index in [4.69, 9.17) is 0 Å². The number of hydrogen-bond acceptors (Lipinski definition) is 3. The van der Waals surface area contributed by atoms with Crippen LogP contribution in [0.5, 0.6) is 0 Å². The van der Waals surface area contributed by atoms with Crippen LogP contribution in [0.25, 0.3) is 0 Å². The molecule has 0 saturated carbocycles. The van der Waals surface area contributed by atoms with Crippen LogP contribution >= 0.6 is 0 Å². The summed E-state index contributed by atoms with van der Waals surface area (Å²) in [7, 11) is 0. The second-order valence-electron chi connectivity index (χ2n) is 4.23. The Kier molecular flexibility index (Phi) is 5.24. The molecule has 2 N–H and O–H groups in total. The Morgan fingerprint density at radius 2 is 2.17 bits per heavy atom. The quantitative estimate of drug-likeness (QED) is 0.766. The minimum absolute atomic E-state index is 0.0841. The summed E-state index contributed by atoms with van der Waals surface area (Å²) >= 11 is -2.43. The Morgan fingerprint density at radius 1 is 1.50 bits per heavy atom. The summed E-state index contributed by atoms with van der Waals surface area (Å²) in [6.45, 7) is 3.71. The van der Waals surface area contributed by atoms with Gasteiger partial charge in [-0.2, -0.15) is 0 Å². The number of aromatic nitrogens is 1. The van der Waals surface area contributed by atoms with Crippen LogP contribution < -0.4 is 4.31 Å². The number of carbonyl (C=O) groups is 1. The lowest BCUT2D eigenvalue weighted by atomic mass is 10.0. The Hall–Kier alpha value is -1.47. The zero-order valence-corrected chi connectivity index (χ0v) is 11.0. The van der Waals surface area contributed by atoms with Crippen molar-refractivity contribution in [3.8, 4) is 0 Å². The minimum atomic E-state index is -2.43. The van der Waals surface area contributed by atoms with Crippen molar-refractivity contribution >= 4 is 23.1 Å². The Labute approximate surface area is 108 Å². The molecule has 0 aliphatic carbocycles. The van der Waals surface area contributed by atoms with Crippen LogP contribution in [0, 0.1) is 5.92 Å². The molecule has 6 nitrogen and oxygen atoms in total. The van der Waals surface area contributed by atoms with E-state index >= 15 is 0 Å². The van der Waals surface area contributed by atoms with Crippen molar-refractivity contribution in [1.82, 2.24) is 4.98 Å². The minimum Gasteiger partial charge on any atom is -0.480 e. The maximum Gasteiger partial charge on any atom is 0.327 e. The molecule has 0 bridgehead atoms. The summed E-state index contributed by atoms with van der Waals surface area (Å²) in [4.78, 5) is 15.2. The van der Waals surface area contributed by atoms with Crippen molar-refractivity contribution in [1.29, 1.82) is 0 Å². The fourth-order valence-corrected chi connectivity index (χ4v) is 2.24. The van der Waals surface area contributed by atoms with E-state index < -0.39 is 23.3 Å². The molecule has 0 radical (unpaired) electrons. The zero-order valence-electron chi connectivity index (χ0n) is 10.2. The molecule has 2 unspecified atom stereocenters. The van der Waals surface area contributed by atoms with Gasteiger partial charge >= 0.3 is 5.97 Å². The van der Waals surface area contributed by atoms with Gasteiger partial charge in [-0.3, -0.25) is 4.55 Å². The van der Waals surface area contributed by atoms with Gasteiger partial charge in [0, 0.05) is 6.20 Å². The van der Waals surface area contributed by atoms with Gasteiger partial charge in [0.25, 0.3) is 11.3 Å². The van der Waals surface area contributed by atoms with Crippen LogP contribution in [-0.2, 0) is 16.1 Å². The maximum atomic E-state index is 11.4. The van der Waals surface area contributed by atoms with Crippen molar-refractivity contribution in [3.63, 3.8) is 0 Å². The molecule has 0 saturated heterocycles. The van der Waals surface area contributed by atoms with Gasteiger partial charge < -0.3 is 5.11 Å². The molecule has 1 heterocycles. The molecule has 0 aliphatic heterocycles. The predicted molar refractivity (Wildman–Crippen MR) is 68.4 cm³/mol. The van der Waals surface area contributed by atoms with Crippen LogP contribution in [0.1, 0.15) is 20.3 Å². The smallest absolute Gasteiger partial charge is 0.327 e. The van der Waals surface area contributed by atoms with Crippen molar-refractivity contribution in [2.45, 2.75) is 26.3 Å². The molecule has 0 aromatic carbocycles. The Balaban J connectivity index is 3.09. The number of carboxylic acid groups (broad SMARTS) is 1. The summed E-state index contributed by atoms with van der Waals surface area (Å²) in [6, 6.07) is 3.71. The fraction of sp³-hybridized carbons (Fsp3) is 0.455. The number of hydrogen-bond donors (Lipinski definition) is 2. The number of rotatable bonds is 6. The second-order valence-corrected chi connectivity index (χ2v) is 5.08. The van der Waals surface area contributed by atoms with Crippen molar-refractivity contribution in [2.24, 2.45) is 5.92 Å². The van der Waals surface area contributed by atoms with E-state index in [1.807, 2.05) is 13.8 Å². The predicted octanol–water partition coefficient (Wildman–Crippen LogP) is 1.52. The molecule has 18 heavy (non-hydrogen) atoms. The van der Waals surface area contributed by atoms with Crippen LogP contribution in [0.2, 0.25) is 0 Å². The van der Waals surface area contributed by atoms with Gasteiger partial charge in [0.1, 0.15) is 11.9 Å². The highest BCUT2D eigenvalue weighted by Crippen LogP contribution is 2.20. The first-order chi connectivity index (χ1) is 8.43. The van der Waals surface area contributed by atoms with Gasteiger partial charge in [-0.05, 0) is 24.5 Å². The SMILES string of the molecule is CC(C)CC(C(=O)O)N(c1ccccn1)S(=O)O. The third-order valence-electron chi connectivity index (χ3n) is 2.31. The molecule has 1 aromatic rings. The first-order valence-electron chi connectivity index (χ1n) is 5.47. The molecule has 2 atom stereocenters. The lowest BCUT2D eigenvalue weighted by Crippen LogP contribution is -2.43. The van der Waals surface area contributed by atoms with Crippen molar-refractivity contribution in [3.05, 3.63) is 24.4 Å². The standard InChI is InChI=1S/C11H16N2O4S/c1-8(2)7-9(11(14)15)13(18(16)17)10-5-3-4-6-12-10/h3-6,8-9H,7H2,1-2H3,(H,14,15)(H,16,17). The van der Waals surface area contributed by atoms with Gasteiger partial charge in [-0.1, -0.05) is 19.9 Å². The second kappa shape index (κ2) is 6.46. The molecule has 1 rings (SSSR count). The highest BCUT2D eigenvalue weighted by atomic mass is 32.2. The molecule has 0 amide bonds. The van der Waals surface area contributed by atoms with Crippen molar-refractivity contribution in [2.75, 3.05) is 4.31 Å². The van der Waals surface area contributed by atoms with E-state index in [0.29, 0.717) is 0 Å². The van der Waals surface area contributed by atoms with Gasteiger partial charge in [-0.25, -0.2) is 18.3 Å². The third kappa shape index (κ3) is 3.78. The average molecular weight is 272 g/mol. The normalized spacial score (nSPS) is 14.2. The third-order valence-corrected chi connectivity index (χ3v) is 3.08. The van der Waals surface area contributed by atoms with Crippen LogP contribution in [0.3, 0.4) is 0 Å². The van der Waals surface area contributed by atoms with Gasteiger partial charge in [0.2, 0.25) is 0 Å². The lowest BCUT2D eigenvalue weighted by Gasteiger charge is -2.26. The van der Waals surface area contributed by atoms with Gasteiger partial charge in [0.15, 0.2) is 0 Å². The summed E-state index contributed by atoms with van der Waals surface area (Å²) < 4.78 is 21.6. The topological polar surface area (TPSA) is 90.7 Å². The zero-order chi connectivity index (χ0) is 13.7. The van der Waals surface area contributed by atoms with E-state index in [1.165, 1.54) is 12.3 Å². The summed E-state index contributed by atoms with van der Waals surface area (Å²) in [5.41, 5.74) is 0. The lowest BCUT2D eigenvalue weighted by molar-refractivity contribution is -0.138. The van der Waals surface area contributed by atoms with Crippen LogP contribution in [0.15, 0.2) is 24.4 Å². The molecule has 7 heteroatoms. The molecular formula is C11H16N2O4S. The summed E-state index contributed by atoms with van der Waals surface area (Å²) in [6.07, 6.45) is 1.71. The molecule has 1 aromatic heterocycles. The van der Waals surface area contributed by atoms with E-state index in [1.54, 1.807) is 12.1 Å². The molecular weight excluding hydrogens is 256 g/mol. The van der Waals surface area contributed by atoms with E-state index in [0.717, 1.165) is 4.31 Å². The van der Waals surface area contributed by atoms with E-state index in [-0.39, 0.29) is 18.2 Å². The highest BCUT2D eigenvalue weighted by Gasteiger charge is 2.31. The number of anilines is 1. The number of aliphatic carboxylic acids is 1. The molecule has 0 spiro atoms. The largest absolute Gasteiger partial charge is 0.480 e. The fourth-order valence-electron chi connectivity index (χ4n) is 1.58. The van der Waals surface area contributed by atoms with Gasteiger partial charge in [0.05, 0.1) is 0 Å². The number of carboxylic acids is 1. The first kappa shape index (κ1) is 14.6. The number of pyridine rings is 1. The molecule has 100 valence electrons. The first-order valence-corrected chi connectivity index (χ1v) is 6.54. The Bertz CT molecular complexity index is 424. The average Bonchev–Trinajstić information content (AvgIpc) is 2.28. The maximum absolute atomic E-state index is 11.4. The van der Waals surface area contributed by atoms with Gasteiger partial charge in [-0.15, -0.1) is 0 Å².